The van der Waals surface area contributed by atoms with Gasteiger partial charge in [0.1, 0.15) is 0 Å². The van der Waals surface area contributed by atoms with Crippen LogP contribution in [0.5, 0.6) is 0 Å². The molecule has 9 nitrogen and oxygen atoms in total. The highest BCUT2D eigenvalue weighted by molar-refractivity contribution is 5.46. The molecule has 2 aliphatic rings. The number of fused-ring (bicyclic) bond motifs is 1. The van der Waals surface area contributed by atoms with Gasteiger partial charge in [-0.2, -0.15) is 15.0 Å². The van der Waals surface area contributed by atoms with Crippen LogP contribution in [0.4, 0.5) is 17.8 Å². The molecule has 0 aliphatic heterocycles. The first kappa shape index (κ1) is 20.8. The number of nitrogens with one attached hydrogen (secondary N) is 3. The zero-order valence-electron chi connectivity index (χ0n) is 17.3. The lowest BCUT2D eigenvalue weighted by Gasteiger charge is -2.16. The Morgan fingerprint density at radius 2 is 1.60 bits per heavy atom. The zero-order chi connectivity index (χ0) is 20.6. The van der Waals surface area contributed by atoms with Gasteiger partial charge >= 0.3 is 0 Å². The van der Waals surface area contributed by atoms with Crippen molar-refractivity contribution in [3.8, 4) is 0 Å². The molecule has 30 heavy (non-hydrogen) atoms. The maximum Gasteiger partial charge on any atom is 0.229 e. The summed E-state index contributed by atoms with van der Waals surface area (Å²) in [5.74, 6) is 1.75. The van der Waals surface area contributed by atoms with Gasteiger partial charge < -0.3 is 31.2 Å². The highest BCUT2D eigenvalue weighted by Gasteiger charge is 2.25. The normalized spacial score (nSPS) is 17.6. The fourth-order valence-corrected chi connectivity index (χ4v) is 3.50. The third-order valence-corrected chi connectivity index (χ3v) is 5.15. The highest BCUT2D eigenvalue weighted by Crippen LogP contribution is 2.33. The van der Waals surface area contributed by atoms with E-state index in [9.17, 15) is 0 Å². The van der Waals surface area contributed by atoms with Gasteiger partial charge in [-0.1, -0.05) is 24.3 Å². The first-order chi connectivity index (χ1) is 14.8. The topological polar surface area (TPSA) is 119 Å². The molecule has 0 bridgehead atoms. The summed E-state index contributed by atoms with van der Waals surface area (Å²) in [5.41, 5.74) is 8.11. The van der Waals surface area contributed by atoms with Crippen molar-refractivity contribution in [3.63, 3.8) is 0 Å². The Morgan fingerprint density at radius 3 is 2.40 bits per heavy atom. The van der Waals surface area contributed by atoms with Crippen molar-refractivity contribution in [2.75, 3.05) is 55.5 Å². The minimum atomic E-state index is 0.224. The van der Waals surface area contributed by atoms with Gasteiger partial charge in [0.05, 0.1) is 32.5 Å². The minimum absolute atomic E-state index is 0.224. The van der Waals surface area contributed by atoms with E-state index in [0.29, 0.717) is 63.4 Å². The SMILES string of the molecule is NCCOCCOCCNc1nc(NC2CC2)nc(NC2CCc3ccccc32)n1. The third-order valence-electron chi connectivity index (χ3n) is 5.15. The van der Waals surface area contributed by atoms with Crippen LogP contribution >= 0.6 is 0 Å². The van der Waals surface area contributed by atoms with Gasteiger partial charge in [0.15, 0.2) is 0 Å². The second-order valence-electron chi connectivity index (χ2n) is 7.60. The molecule has 1 aromatic carbocycles. The maximum atomic E-state index is 5.55. The number of hydrogen-bond donors (Lipinski definition) is 4. The number of aromatic nitrogens is 3. The maximum absolute atomic E-state index is 5.55. The first-order valence-electron chi connectivity index (χ1n) is 10.8. The largest absolute Gasteiger partial charge is 0.378 e. The molecule has 9 heteroatoms. The van der Waals surface area contributed by atoms with Gasteiger partial charge in [-0.15, -0.1) is 0 Å². The number of anilines is 3. The molecular weight excluding hydrogens is 382 g/mol. The second-order valence-corrected chi connectivity index (χ2v) is 7.60. The molecule has 2 aliphatic carbocycles. The summed E-state index contributed by atoms with van der Waals surface area (Å²) >= 11 is 0. The smallest absolute Gasteiger partial charge is 0.229 e. The van der Waals surface area contributed by atoms with E-state index in [1.165, 1.54) is 11.1 Å². The van der Waals surface area contributed by atoms with Crippen molar-refractivity contribution >= 4 is 17.8 Å². The summed E-state index contributed by atoms with van der Waals surface area (Å²) < 4.78 is 10.8. The number of rotatable bonds is 13. The van der Waals surface area contributed by atoms with Crippen LogP contribution < -0.4 is 21.7 Å². The average Bonchev–Trinajstić information content (AvgIpc) is 3.48. The molecule has 162 valence electrons. The Balaban J connectivity index is 1.33. The highest BCUT2D eigenvalue weighted by atomic mass is 16.5. The van der Waals surface area contributed by atoms with Gasteiger partial charge in [-0.3, -0.25) is 0 Å². The van der Waals surface area contributed by atoms with E-state index in [-0.39, 0.29) is 6.04 Å². The number of benzene rings is 1. The molecule has 5 N–H and O–H groups in total. The van der Waals surface area contributed by atoms with Crippen molar-refractivity contribution in [1.82, 2.24) is 15.0 Å². The Bertz CT molecular complexity index is 816. The van der Waals surface area contributed by atoms with Gasteiger partial charge in [0.25, 0.3) is 0 Å². The van der Waals surface area contributed by atoms with Crippen LogP contribution in [0.15, 0.2) is 24.3 Å². The first-order valence-corrected chi connectivity index (χ1v) is 10.8. The van der Waals surface area contributed by atoms with Crippen LogP contribution in [0.25, 0.3) is 0 Å². The molecule has 2 aromatic rings. The second kappa shape index (κ2) is 10.5. The Morgan fingerprint density at radius 1 is 0.867 bits per heavy atom. The summed E-state index contributed by atoms with van der Waals surface area (Å²) in [5, 5.41) is 10.1. The Kier molecular flexibility index (Phi) is 7.28. The molecule has 1 unspecified atom stereocenters. The molecule has 1 aromatic heterocycles. The molecule has 1 fully saturated rings. The van der Waals surface area contributed by atoms with E-state index in [1.54, 1.807) is 0 Å². The van der Waals surface area contributed by atoms with Gasteiger partial charge in [0.2, 0.25) is 17.8 Å². The zero-order valence-corrected chi connectivity index (χ0v) is 17.3. The van der Waals surface area contributed by atoms with E-state index >= 15 is 0 Å². The van der Waals surface area contributed by atoms with Crippen molar-refractivity contribution in [2.24, 2.45) is 5.73 Å². The summed E-state index contributed by atoms with van der Waals surface area (Å²) in [4.78, 5) is 13.7. The number of ether oxygens (including phenoxy) is 2. The minimum Gasteiger partial charge on any atom is -0.378 e. The Hall–Kier alpha value is -2.49. The molecule has 1 atom stereocenters. The van der Waals surface area contributed by atoms with E-state index in [2.05, 4.69) is 55.2 Å². The number of aryl methyl sites for hydroxylation is 1. The fourth-order valence-electron chi connectivity index (χ4n) is 3.50. The van der Waals surface area contributed by atoms with E-state index in [0.717, 1.165) is 25.7 Å². The Labute approximate surface area is 177 Å². The average molecular weight is 414 g/mol. The van der Waals surface area contributed by atoms with Crippen LogP contribution in [0, 0.1) is 0 Å². The monoisotopic (exact) mass is 413 g/mol. The molecular formula is C21H31N7O2. The molecule has 4 rings (SSSR count). The fraction of sp³-hybridized carbons (Fsp3) is 0.571. The van der Waals surface area contributed by atoms with Crippen molar-refractivity contribution < 1.29 is 9.47 Å². The lowest BCUT2D eigenvalue weighted by atomic mass is 10.1. The molecule has 1 saturated carbocycles. The molecule has 0 spiro atoms. The van der Waals surface area contributed by atoms with E-state index < -0.39 is 0 Å². The van der Waals surface area contributed by atoms with E-state index in [1.807, 2.05) is 0 Å². The van der Waals surface area contributed by atoms with Gasteiger partial charge in [-0.05, 0) is 36.8 Å². The summed E-state index contributed by atoms with van der Waals surface area (Å²) in [6, 6.07) is 9.24. The van der Waals surface area contributed by atoms with Crippen molar-refractivity contribution in [2.45, 2.75) is 37.8 Å². The van der Waals surface area contributed by atoms with Crippen LogP contribution in [0.3, 0.4) is 0 Å². The molecule has 0 radical (unpaired) electrons. The standard InChI is InChI=1S/C21H31N7O2/c22-9-11-29-13-14-30-12-10-23-19-26-20(24-16-6-7-16)28-21(27-19)25-18-8-5-15-3-1-2-4-17(15)18/h1-4,16,18H,5-14,22H2,(H3,23,24,25,26,27,28). The number of nitrogens with zero attached hydrogens (tertiary/aromatic N) is 3. The van der Waals surface area contributed by atoms with Crippen molar-refractivity contribution in [3.05, 3.63) is 35.4 Å². The van der Waals surface area contributed by atoms with Crippen LogP contribution in [0.2, 0.25) is 0 Å². The molecule has 0 amide bonds. The summed E-state index contributed by atoms with van der Waals surface area (Å²) in [7, 11) is 0. The van der Waals surface area contributed by atoms with Gasteiger partial charge in [-0.25, -0.2) is 0 Å². The summed E-state index contributed by atoms with van der Waals surface area (Å²) in [6.45, 7) is 3.33. The summed E-state index contributed by atoms with van der Waals surface area (Å²) in [6.07, 6.45) is 4.43. The predicted octanol–water partition coefficient (Wildman–Crippen LogP) is 1.95. The molecule has 0 saturated heterocycles. The lowest BCUT2D eigenvalue weighted by molar-refractivity contribution is 0.0547. The van der Waals surface area contributed by atoms with Gasteiger partial charge in [0, 0.05) is 19.1 Å². The van der Waals surface area contributed by atoms with Crippen LogP contribution in [0.1, 0.15) is 36.4 Å². The van der Waals surface area contributed by atoms with Crippen LogP contribution in [-0.4, -0.2) is 60.5 Å². The van der Waals surface area contributed by atoms with E-state index in [4.69, 9.17) is 15.2 Å². The predicted molar refractivity (Wildman–Crippen MR) is 117 cm³/mol. The third kappa shape index (κ3) is 6.01. The number of hydrogen-bond acceptors (Lipinski definition) is 9. The molecule has 1 heterocycles. The number of nitrogens with two attached hydrogens (primary N) is 1. The van der Waals surface area contributed by atoms with Crippen LogP contribution in [-0.2, 0) is 15.9 Å². The van der Waals surface area contributed by atoms with Crippen molar-refractivity contribution in [1.29, 1.82) is 0 Å². The quantitative estimate of drug-likeness (QED) is 0.365. The lowest BCUT2D eigenvalue weighted by Crippen LogP contribution is -2.18.